The summed E-state index contributed by atoms with van der Waals surface area (Å²) in [5.41, 5.74) is 2.03. The Balaban J connectivity index is 1.56. The van der Waals surface area contributed by atoms with E-state index in [0.717, 1.165) is 11.1 Å². The molecular formula is C24H25FN2O2. The van der Waals surface area contributed by atoms with E-state index in [4.69, 9.17) is 4.74 Å². The predicted molar refractivity (Wildman–Crippen MR) is 112 cm³/mol. The summed E-state index contributed by atoms with van der Waals surface area (Å²) < 4.78 is 19.0. The average molecular weight is 392 g/mol. The first-order valence-corrected chi connectivity index (χ1v) is 9.66. The highest BCUT2D eigenvalue weighted by atomic mass is 19.1. The third kappa shape index (κ3) is 5.90. The predicted octanol–water partition coefficient (Wildman–Crippen LogP) is 4.09. The molecule has 1 amide bonds. The van der Waals surface area contributed by atoms with Crippen LogP contribution in [0.5, 0.6) is 5.75 Å². The maximum absolute atomic E-state index is 13.6. The van der Waals surface area contributed by atoms with Gasteiger partial charge in [-0.25, -0.2) is 4.39 Å². The van der Waals surface area contributed by atoms with Gasteiger partial charge in [0, 0.05) is 6.54 Å². The zero-order valence-electron chi connectivity index (χ0n) is 16.3. The number of carbonyl (C=O) groups excluding carboxylic acids is 1. The van der Waals surface area contributed by atoms with Crippen LogP contribution in [0.25, 0.3) is 0 Å². The first-order chi connectivity index (χ1) is 14.1. The van der Waals surface area contributed by atoms with Crippen molar-refractivity contribution in [3.05, 3.63) is 102 Å². The van der Waals surface area contributed by atoms with Crippen molar-refractivity contribution in [3.63, 3.8) is 0 Å². The molecule has 0 aliphatic heterocycles. The number of rotatable bonds is 9. The van der Waals surface area contributed by atoms with Crippen LogP contribution in [0.4, 0.5) is 4.39 Å². The highest BCUT2D eigenvalue weighted by Gasteiger charge is 2.20. The molecule has 3 aromatic rings. The SMILES string of the molecule is C[C@@H](NCCOc1ccccc1F)C(=O)NC(c1ccccc1)c1ccccc1. The van der Waals surface area contributed by atoms with Crippen molar-refractivity contribution in [2.45, 2.75) is 19.0 Å². The average Bonchev–Trinajstić information content (AvgIpc) is 2.77. The van der Waals surface area contributed by atoms with Gasteiger partial charge in [0.2, 0.25) is 5.91 Å². The van der Waals surface area contributed by atoms with Gasteiger partial charge in [-0.3, -0.25) is 4.79 Å². The lowest BCUT2D eigenvalue weighted by molar-refractivity contribution is -0.123. The van der Waals surface area contributed by atoms with Gasteiger partial charge in [-0.15, -0.1) is 0 Å². The maximum atomic E-state index is 13.6. The number of nitrogens with one attached hydrogen (secondary N) is 2. The Labute approximate surface area is 170 Å². The zero-order valence-corrected chi connectivity index (χ0v) is 16.3. The second kappa shape index (κ2) is 10.4. The third-order valence-corrected chi connectivity index (χ3v) is 4.59. The number of hydrogen-bond donors (Lipinski definition) is 2. The van der Waals surface area contributed by atoms with Crippen molar-refractivity contribution in [3.8, 4) is 5.75 Å². The van der Waals surface area contributed by atoms with Crippen LogP contribution in [0, 0.1) is 5.82 Å². The van der Waals surface area contributed by atoms with Crippen LogP contribution in [0.15, 0.2) is 84.9 Å². The summed E-state index contributed by atoms with van der Waals surface area (Å²) in [5.74, 6) is -0.305. The van der Waals surface area contributed by atoms with Gasteiger partial charge in [-0.05, 0) is 30.2 Å². The summed E-state index contributed by atoms with van der Waals surface area (Å²) >= 11 is 0. The van der Waals surface area contributed by atoms with Crippen LogP contribution >= 0.6 is 0 Å². The largest absolute Gasteiger partial charge is 0.489 e. The van der Waals surface area contributed by atoms with Crippen molar-refractivity contribution in [1.82, 2.24) is 10.6 Å². The van der Waals surface area contributed by atoms with Crippen molar-refractivity contribution in [2.75, 3.05) is 13.2 Å². The lowest BCUT2D eigenvalue weighted by Crippen LogP contribution is -2.44. The molecule has 3 rings (SSSR count). The highest BCUT2D eigenvalue weighted by Crippen LogP contribution is 2.21. The van der Waals surface area contributed by atoms with Crippen LogP contribution in [0.2, 0.25) is 0 Å². The molecule has 1 atom stereocenters. The molecule has 5 heteroatoms. The Hall–Kier alpha value is -3.18. The molecule has 2 N–H and O–H groups in total. The van der Waals surface area contributed by atoms with Gasteiger partial charge in [0.15, 0.2) is 11.6 Å². The molecular weight excluding hydrogens is 367 g/mol. The molecule has 0 radical (unpaired) electrons. The first kappa shape index (κ1) is 20.6. The quantitative estimate of drug-likeness (QED) is 0.540. The van der Waals surface area contributed by atoms with E-state index in [1.807, 2.05) is 60.7 Å². The molecule has 0 heterocycles. The molecule has 3 aromatic carbocycles. The Morgan fingerprint density at radius 2 is 1.45 bits per heavy atom. The Bertz CT molecular complexity index is 864. The minimum absolute atomic E-state index is 0.117. The summed E-state index contributed by atoms with van der Waals surface area (Å²) in [5, 5.41) is 6.24. The van der Waals surface area contributed by atoms with E-state index in [-0.39, 0.29) is 24.3 Å². The van der Waals surface area contributed by atoms with E-state index >= 15 is 0 Å². The molecule has 0 saturated heterocycles. The molecule has 0 bridgehead atoms. The van der Waals surface area contributed by atoms with E-state index in [0.29, 0.717) is 6.54 Å². The maximum Gasteiger partial charge on any atom is 0.237 e. The van der Waals surface area contributed by atoms with E-state index in [1.165, 1.54) is 6.07 Å². The van der Waals surface area contributed by atoms with E-state index in [1.54, 1.807) is 25.1 Å². The molecule has 0 unspecified atom stereocenters. The van der Waals surface area contributed by atoms with Crippen LogP contribution in [0.3, 0.4) is 0 Å². The lowest BCUT2D eigenvalue weighted by Gasteiger charge is -2.22. The smallest absolute Gasteiger partial charge is 0.237 e. The molecule has 0 aromatic heterocycles. The van der Waals surface area contributed by atoms with Gasteiger partial charge >= 0.3 is 0 Å². The second-order valence-corrected chi connectivity index (χ2v) is 6.72. The number of amides is 1. The monoisotopic (exact) mass is 392 g/mol. The van der Waals surface area contributed by atoms with Gasteiger partial charge in [-0.2, -0.15) is 0 Å². The molecule has 0 aliphatic rings. The Morgan fingerprint density at radius 1 is 0.897 bits per heavy atom. The molecule has 4 nitrogen and oxygen atoms in total. The molecule has 0 saturated carbocycles. The molecule has 0 spiro atoms. The topological polar surface area (TPSA) is 50.4 Å². The lowest BCUT2D eigenvalue weighted by atomic mass is 9.98. The molecule has 150 valence electrons. The van der Waals surface area contributed by atoms with Crippen molar-refractivity contribution < 1.29 is 13.9 Å². The van der Waals surface area contributed by atoms with E-state index in [2.05, 4.69) is 10.6 Å². The van der Waals surface area contributed by atoms with Crippen molar-refractivity contribution in [2.24, 2.45) is 0 Å². The zero-order chi connectivity index (χ0) is 20.5. The van der Waals surface area contributed by atoms with E-state index < -0.39 is 11.9 Å². The fraction of sp³-hybridized carbons (Fsp3) is 0.208. The summed E-state index contributed by atoms with van der Waals surface area (Å²) in [4.78, 5) is 12.7. The number of halogens is 1. The van der Waals surface area contributed by atoms with Crippen LogP contribution in [0.1, 0.15) is 24.1 Å². The standard InChI is InChI=1S/C24H25FN2O2/c1-18(26-16-17-29-22-15-9-8-14-21(22)25)24(28)27-23(19-10-4-2-5-11-19)20-12-6-3-7-13-20/h2-15,18,23,26H,16-17H2,1H3,(H,27,28)/t18-/m1/s1. The Morgan fingerprint density at radius 3 is 2.03 bits per heavy atom. The van der Waals surface area contributed by atoms with Crippen molar-refractivity contribution in [1.29, 1.82) is 0 Å². The molecule has 0 fully saturated rings. The Kier molecular flexibility index (Phi) is 7.36. The number of ether oxygens (including phenoxy) is 1. The van der Waals surface area contributed by atoms with Gasteiger partial charge in [0.25, 0.3) is 0 Å². The molecule has 0 aliphatic carbocycles. The number of carbonyl (C=O) groups is 1. The number of benzene rings is 3. The summed E-state index contributed by atoms with van der Waals surface area (Å²) in [7, 11) is 0. The highest BCUT2D eigenvalue weighted by molar-refractivity contribution is 5.82. The van der Waals surface area contributed by atoms with Gasteiger partial charge in [-0.1, -0.05) is 72.8 Å². The number of hydrogen-bond acceptors (Lipinski definition) is 3. The third-order valence-electron chi connectivity index (χ3n) is 4.59. The summed E-state index contributed by atoms with van der Waals surface area (Å²) in [6.07, 6.45) is 0. The number of para-hydroxylation sites is 1. The van der Waals surface area contributed by atoms with Crippen molar-refractivity contribution >= 4 is 5.91 Å². The van der Waals surface area contributed by atoms with Gasteiger partial charge in [0.05, 0.1) is 12.1 Å². The normalized spacial score (nSPS) is 11.8. The fourth-order valence-corrected chi connectivity index (χ4v) is 3.01. The minimum Gasteiger partial charge on any atom is -0.489 e. The fourth-order valence-electron chi connectivity index (χ4n) is 3.01. The van der Waals surface area contributed by atoms with Crippen LogP contribution < -0.4 is 15.4 Å². The van der Waals surface area contributed by atoms with Gasteiger partial charge < -0.3 is 15.4 Å². The summed E-state index contributed by atoms with van der Waals surface area (Å²) in [6.45, 7) is 2.48. The second-order valence-electron chi connectivity index (χ2n) is 6.72. The first-order valence-electron chi connectivity index (χ1n) is 9.66. The van der Waals surface area contributed by atoms with Crippen LogP contribution in [-0.2, 0) is 4.79 Å². The minimum atomic E-state index is -0.422. The molecule has 29 heavy (non-hydrogen) atoms. The van der Waals surface area contributed by atoms with E-state index in [9.17, 15) is 9.18 Å². The summed E-state index contributed by atoms with van der Waals surface area (Å²) in [6, 6.07) is 25.3. The van der Waals surface area contributed by atoms with Crippen LogP contribution in [-0.4, -0.2) is 25.1 Å². The van der Waals surface area contributed by atoms with Gasteiger partial charge in [0.1, 0.15) is 6.61 Å².